The first-order valence-corrected chi connectivity index (χ1v) is 9.91. The lowest BCUT2D eigenvalue weighted by molar-refractivity contribution is 0.321. The van der Waals surface area contributed by atoms with Crippen LogP contribution in [0.25, 0.3) is 11.1 Å². The third kappa shape index (κ3) is 3.22. The lowest BCUT2D eigenvalue weighted by atomic mass is 9.77. The van der Waals surface area contributed by atoms with Crippen molar-refractivity contribution in [2.75, 3.05) is 41.3 Å². The highest BCUT2D eigenvalue weighted by Gasteiger charge is 2.34. The quantitative estimate of drug-likeness (QED) is 0.560. The summed E-state index contributed by atoms with van der Waals surface area (Å²) < 4.78 is 27.9. The van der Waals surface area contributed by atoms with Crippen molar-refractivity contribution in [3.8, 4) is 45.6 Å². The molecule has 0 saturated carbocycles. The van der Waals surface area contributed by atoms with Crippen LogP contribution in [0.2, 0.25) is 0 Å². The van der Waals surface area contributed by atoms with E-state index in [1.165, 1.54) is 14.2 Å². The van der Waals surface area contributed by atoms with Gasteiger partial charge < -0.3 is 34.5 Å². The summed E-state index contributed by atoms with van der Waals surface area (Å²) in [6.45, 7) is 4.39. The number of methoxy groups -OCH3 is 5. The number of anilines is 1. The second-order valence-electron chi connectivity index (χ2n) is 7.72. The minimum absolute atomic E-state index is 0.0351. The van der Waals surface area contributed by atoms with E-state index < -0.39 is 0 Å². The Labute approximate surface area is 177 Å². The molecule has 3 rings (SSSR count). The maximum atomic E-state index is 11.3. The second-order valence-corrected chi connectivity index (χ2v) is 7.72. The van der Waals surface area contributed by atoms with E-state index in [1.54, 1.807) is 21.3 Å². The zero-order chi connectivity index (χ0) is 22.2. The smallest absolute Gasteiger partial charge is 0.205 e. The van der Waals surface area contributed by atoms with Crippen molar-refractivity contribution in [1.29, 1.82) is 0 Å². The maximum absolute atomic E-state index is 11.3. The summed E-state index contributed by atoms with van der Waals surface area (Å²) in [5.41, 5.74) is 10.1. The monoisotopic (exact) mass is 417 g/mol. The summed E-state index contributed by atoms with van der Waals surface area (Å²) in [6.07, 6.45) is 1.45. The number of aromatic hydroxyl groups is 1. The minimum Gasteiger partial charge on any atom is -0.504 e. The molecule has 0 saturated heterocycles. The van der Waals surface area contributed by atoms with E-state index in [-0.39, 0.29) is 11.5 Å². The van der Waals surface area contributed by atoms with Gasteiger partial charge >= 0.3 is 0 Å². The molecule has 2 aromatic carbocycles. The summed E-state index contributed by atoms with van der Waals surface area (Å²) >= 11 is 0. The minimum atomic E-state index is -0.0351. The first-order valence-electron chi connectivity index (χ1n) is 9.91. The molecule has 2 aromatic rings. The van der Waals surface area contributed by atoms with Crippen LogP contribution in [-0.2, 0) is 12.8 Å². The maximum Gasteiger partial charge on any atom is 0.205 e. The van der Waals surface area contributed by atoms with E-state index in [0.29, 0.717) is 52.5 Å². The molecule has 0 aliphatic heterocycles. The summed E-state index contributed by atoms with van der Waals surface area (Å²) in [4.78, 5) is 0. The summed E-state index contributed by atoms with van der Waals surface area (Å²) in [5.74, 6) is 2.67. The van der Waals surface area contributed by atoms with E-state index in [2.05, 4.69) is 13.8 Å². The molecular weight excluding hydrogens is 386 g/mol. The zero-order valence-electron chi connectivity index (χ0n) is 18.7. The first-order chi connectivity index (χ1) is 14.3. The Morgan fingerprint density at radius 2 is 1.33 bits per heavy atom. The molecule has 2 atom stereocenters. The van der Waals surface area contributed by atoms with Crippen LogP contribution in [0.4, 0.5) is 5.69 Å². The van der Waals surface area contributed by atoms with E-state index >= 15 is 0 Å². The second kappa shape index (κ2) is 8.42. The van der Waals surface area contributed by atoms with Crippen LogP contribution < -0.4 is 29.4 Å². The number of phenolic OH excluding ortho intramolecular Hbond substituents is 1. The molecule has 7 heteroatoms. The van der Waals surface area contributed by atoms with Crippen LogP contribution in [0.1, 0.15) is 25.0 Å². The van der Waals surface area contributed by atoms with E-state index in [9.17, 15) is 5.11 Å². The van der Waals surface area contributed by atoms with Gasteiger partial charge in [0.2, 0.25) is 11.5 Å². The average Bonchev–Trinajstić information content (AvgIpc) is 2.74. The Bertz CT molecular complexity index is 956. The third-order valence-corrected chi connectivity index (χ3v) is 6.14. The van der Waals surface area contributed by atoms with Crippen molar-refractivity contribution in [2.24, 2.45) is 11.8 Å². The highest BCUT2D eigenvalue weighted by molar-refractivity contribution is 5.92. The summed E-state index contributed by atoms with van der Waals surface area (Å²) in [6, 6.07) is 1.95. The molecule has 7 nitrogen and oxygen atoms in total. The van der Waals surface area contributed by atoms with Crippen molar-refractivity contribution in [2.45, 2.75) is 26.7 Å². The van der Waals surface area contributed by atoms with Gasteiger partial charge in [-0.1, -0.05) is 13.8 Å². The summed E-state index contributed by atoms with van der Waals surface area (Å²) in [7, 11) is 7.71. The number of fused-ring (bicyclic) bond motifs is 3. The Morgan fingerprint density at radius 3 is 1.87 bits per heavy atom. The molecule has 0 bridgehead atoms. The fourth-order valence-corrected chi connectivity index (χ4v) is 4.34. The van der Waals surface area contributed by atoms with Crippen molar-refractivity contribution in [1.82, 2.24) is 0 Å². The molecule has 2 unspecified atom stereocenters. The van der Waals surface area contributed by atoms with Gasteiger partial charge in [0.25, 0.3) is 0 Å². The highest BCUT2D eigenvalue weighted by atomic mass is 16.5. The lowest BCUT2D eigenvalue weighted by Gasteiger charge is -2.31. The number of benzene rings is 2. The molecule has 1 aliphatic rings. The van der Waals surface area contributed by atoms with Gasteiger partial charge in [0, 0.05) is 11.1 Å². The van der Waals surface area contributed by atoms with Crippen molar-refractivity contribution >= 4 is 5.69 Å². The van der Waals surface area contributed by atoms with Crippen LogP contribution in [-0.4, -0.2) is 40.7 Å². The van der Waals surface area contributed by atoms with Gasteiger partial charge in [0.15, 0.2) is 23.0 Å². The van der Waals surface area contributed by atoms with E-state index in [0.717, 1.165) is 23.1 Å². The number of nitrogen functional groups attached to an aromatic ring is 1. The Kier molecular flexibility index (Phi) is 6.10. The number of phenols is 1. The van der Waals surface area contributed by atoms with Crippen molar-refractivity contribution < 1.29 is 28.8 Å². The molecule has 1 aliphatic carbocycles. The van der Waals surface area contributed by atoms with Crippen LogP contribution >= 0.6 is 0 Å². The molecule has 0 aromatic heterocycles. The third-order valence-electron chi connectivity index (χ3n) is 6.14. The highest BCUT2D eigenvalue weighted by Crippen LogP contribution is 2.57. The van der Waals surface area contributed by atoms with Crippen LogP contribution in [0.3, 0.4) is 0 Å². The summed E-state index contributed by atoms with van der Waals surface area (Å²) in [5, 5.41) is 11.3. The fourth-order valence-electron chi connectivity index (χ4n) is 4.34. The molecule has 30 heavy (non-hydrogen) atoms. The Balaban J connectivity index is 2.54. The molecule has 3 N–H and O–H groups in total. The number of rotatable bonds is 5. The van der Waals surface area contributed by atoms with Crippen LogP contribution in [0, 0.1) is 11.8 Å². The molecule has 0 fully saturated rings. The van der Waals surface area contributed by atoms with E-state index in [1.807, 2.05) is 6.07 Å². The fraction of sp³-hybridized carbons (Fsp3) is 0.478. The molecule has 164 valence electrons. The molecule has 0 heterocycles. The SMILES string of the molecule is COc1cc2c(c(OC)c1OC)-c1c(O)c(OC)c(OC)c(N)c1CC(C)C(C)C2. The molecule has 0 radical (unpaired) electrons. The number of hydrogen-bond acceptors (Lipinski definition) is 7. The van der Waals surface area contributed by atoms with Gasteiger partial charge in [-0.15, -0.1) is 0 Å². The van der Waals surface area contributed by atoms with Gasteiger partial charge in [0.05, 0.1) is 41.2 Å². The van der Waals surface area contributed by atoms with Gasteiger partial charge in [-0.25, -0.2) is 0 Å². The largest absolute Gasteiger partial charge is 0.504 e. The first kappa shape index (κ1) is 21.7. The van der Waals surface area contributed by atoms with Gasteiger partial charge in [0.1, 0.15) is 0 Å². The van der Waals surface area contributed by atoms with Gasteiger partial charge in [-0.05, 0) is 41.9 Å². The predicted octanol–water partition coefficient (Wildman–Crippen LogP) is 4.06. The Morgan fingerprint density at radius 1 is 0.767 bits per heavy atom. The van der Waals surface area contributed by atoms with Crippen molar-refractivity contribution in [3.63, 3.8) is 0 Å². The zero-order valence-corrected chi connectivity index (χ0v) is 18.7. The standard InChI is InChI=1S/C23H31NO6/c1-11-8-13-10-15(26-3)20(27-4)21(28-5)16(13)17-14(9-12(11)2)18(24)22(29-6)23(30-7)19(17)25/h10-12,25H,8-9,24H2,1-7H3. The number of ether oxygens (including phenoxy) is 5. The number of nitrogens with two attached hydrogens (primary N) is 1. The predicted molar refractivity (Wildman–Crippen MR) is 116 cm³/mol. The normalized spacial score (nSPS) is 17.8. The average molecular weight is 418 g/mol. The Hall–Kier alpha value is -2.96. The lowest BCUT2D eigenvalue weighted by Crippen LogP contribution is -2.19. The van der Waals surface area contributed by atoms with Crippen LogP contribution in [0.15, 0.2) is 6.07 Å². The number of hydrogen-bond donors (Lipinski definition) is 2. The molecule has 0 amide bonds. The van der Waals surface area contributed by atoms with Crippen LogP contribution in [0.5, 0.6) is 34.5 Å². The van der Waals surface area contributed by atoms with E-state index in [4.69, 9.17) is 29.4 Å². The van der Waals surface area contributed by atoms with Gasteiger partial charge in [-0.3, -0.25) is 0 Å². The molecule has 0 spiro atoms. The topological polar surface area (TPSA) is 92.4 Å². The van der Waals surface area contributed by atoms with Crippen molar-refractivity contribution in [3.05, 3.63) is 17.2 Å². The van der Waals surface area contributed by atoms with Gasteiger partial charge in [-0.2, -0.15) is 0 Å². The molecular formula is C23H31NO6.